The molecule has 4 aromatic rings. The van der Waals surface area contributed by atoms with Crippen LogP contribution in [-0.2, 0) is 0 Å². The summed E-state index contributed by atoms with van der Waals surface area (Å²) in [5.41, 5.74) is 7.23. The lowest BCUT2D eigenvalue weighted by Crippen LogP contribution is -2.29. The van der Waals surface area contributed by atoms with E-state index in [4.69, 9.17) is 0 Å². The molecule has 6 heteroatoms. The van der Waals surface area contributed by atoms with Crippen molar-refractivity contribution in [3.05, 3.63) is 133 Å². The highest BCUT2D eigenvalue weighted by Gasteiger charge is 2.49. The van der Waals surface area contributed by atoms with E-state index in [1.54, 1.807) is 6.20 Å². The van der Waals surface area contributed by atoms with Crippen LogP contribution in [-0.4, -0.2) is 27.8 Å². The molecule has 0 spiro atoms. The van der Waals surface area contributed by atoms with Gasteiger partial charge in [-0.15, -0.1) is 0 Å². The van der Waals surface area contributed by atoms with Crippen LogP contribution >= 0.6 is 0 Å². The molecular formula is C38H40N6. The zero-order valence-corrected chi connectivity index (χ0v) is 25.9. The lowest BCUT2D eigenvalue weighted by molar-refractivity contribution is 0.711. The minimum atomic E-state index is 0.318. The van der Waals surface area contributed by atoms with Crippen molar-refractivity contribution in [2.75, 3.05) is 10.2 Å². The summed E-state index contributed by atoms with van der Waals surface area (Å²) in [5.74, 6) is 3.44. The number of allylic oxidation sites excluding steroid dienone is 3. The van der Waals surface area contributed by atoms with Crippen molar-refractivity contribution < 1.29 is 0 Å². The number of nitrogens with zero attached hydrogens (tertiary/aromatic N) is 4. The second-order valence-corrected chi connectivity index (χ2v) is 11.9. The highest BCUT2D eigenvalue weighted by atomic mass is 15.2. The number of pyridine rings is 2. The Hall–Kier alpha value is -4.97. The van der Waals surface area contributed by atoms with Gasteiger partial charge in [0.1, 0.15) is 17.5 Å². The number of benzene rings is 2. The van der Waals surface area contributed by atoms with Gasteiger partial charge in [0, 0.05) is 41.9 Å². The topological polar surface area (TPSA) is 65.4 Å². The van der Waals surface area contributed by atoms with E-state index in [2.05, 4.69) is 124 Å². The Bertz CT molecular complexity index is 1690. The SMILES string of the molecule is CCC1=CC2CC2(C)N=C1.Cc1ccc(N(c2ccc(-c3ccc(NC4=CC=CC(C)N4)cc3)cc2)c2ccccn2)nc1. The zero-order valence-electron chi connectivity index (χ0n) is 25.9. The van der Waals surface area contributed by atoms with Gasteiger partial charge in [-0.1, -0.05) is 61.5 Å². The predicted molar refractivity (Wildman–Crippen MR) is 184 cm³/mol. The molecule has 2 N–H and O–H groups in total. The van der Waals surface area contributed by atoms with E-state index in [1.165, 1.54) is 12.0 Å². The smallest absolute Gasteiger partial charge is 0.138 e. The molecule has 2 aromatic heterocycles. The molecule has 3 unspecified atom stereocenters. The number of aromatic nitrogens is 2. The van der Waals surface area contributed by atoms with Crippen LogP contribution in [0.2, 0.25) is 0 Å². The van der Waals surface area contributed by atoms with Gasteiger partial charge < -0.3 is 10.6 Å². The van der Waals surface area contributed by atoms with Crippen molar-refractivity contribution in [3.63, 3.8) is 0 Å². The summed E-state index contributed by atoms with van der Waals surface area (Å²) in [7, 11) is 0. The second-order valence-electron chi connectivity index (χ2n) is 11.9. The second kappa shape index (κ2) is 12.7. The number of hydrogen-bond donors (Lipinski definition) is 2. The molecule has 222 valence electrons. The molecule has 4 heterocycles. The first kappa shape index (κ1) is 29.1. The molecule has 0 radical (unpaired) electrons. The normalized spacial score (nSPS) is 21.1. The molecule has 2 aromatic carbocycles. The number of dihydropyridines is 2. The first-order chi connectivity index (χ1) is 21.4. The minimum Gasteiger partial charge on any atom is -0.366 e. The average Bonchev–Trinajstić information content (AvgIpc) is 3.74. The van der Waals surface area contributed by atoms with E-state index < -0.39 is 0 Å². The Balaban J connectivity index is 0.000000289. The zero-order chi connectivity index (χ0) is 30.5. The molecule has 6 nitrogen and oxygen atoms in total. The Kier molecular flexibility index (Phi) is 8.42. The maximum absolute atomic E-state index is 4.64. The van der Waals surface area contributed by atoms with Gasteiger partial charge in [-0.25, -0.2) is 9.97 Å². The summed E-state index contributed by atoms with van der Waals surface area (Å²) in [6, 6.07) is 27.3. The van der Waals surface area contributed by atoms with E-state index in [9.17, 15) is 0 Å². The van der Waals surface area contributed by atoms with Crippen molar-refractivity contribution in [1.82, 2.24) is 15.3 Å². The fourth-order valence-corrected chi connectivity index (χ4v) is 5.42. The van der Waals surface area contributed by atoms with E-state index in [0.717, 1.165) is 57.9 Å². The number of fused-ring (bicyclic) bond motifs is 1. The van der Waals surface area contributed by atoms with E-state index >= 15 is 0 Å². The molecule has 0 amide bonds. The van der Waals surface area contributed by atoms with E-state index in [0.29, 0.717) is 11.6 Å². The summed E-state index contributed by atoms with van der Waals surface area (Å²) in [6.45, 7) is 8.58. The molecule has 1 fully saturated rings. The first-order valence-corrected chi connectivity index (χ1v) is 15.4. The molecule has 3 atom stereocenters. The Morgan fingerprint density at radius 2 is 1.68 bits per heavy atom. The Morgan fingerprint density at radius 3 is 2.32 bits per heavy atom. The molecule has 3 aliphatic rings. The molecule has 7 rings (SSSR count). The quantitative estimate of drug-likeness (QED) is 0.228. The fraction of sp³-hybridized carbons (Fsp3) is 0.237. The summed E-state index contributed by atoms with van der Waals surface area (Å²) >= 11 is 0. The van der Waals surface area contributed by atoms with Crippen molar-refractivity contribution in [1.29, 1.82) is 0 Å². The number of anilines is 4. The minimum absolute atomic E-state index is 0.318. The molecule has 0 bridgehead atoms. The summed E-state index contributed by atoms with van der Waals surface area (Å²) < 4.78 is 0. The summed E-state index contributed by atoms with van der Waals surface area (Å²) in [4.78, 5) is 15.8. The summed E-state index contributed by atoms with van der Waals surface area (Å²) in [5, 5.41) is 6.84. The van der Waals surface area contributed by atoms with Gasteiger partial charge in [0.25, 0.3) is 0 Å². The van der Waals surface area contributed by atoms with Crippen LogP contribution in [0.25, 0.3) is 11.1 Å². The highest BCUT2D eigenvalue weighted by Crippen LogP contribution is 2.49. The van der Waals surface area contributed by atoms with Gasteiger partial charge >= 0.3 is 0 Å². The maximum atomic E-state index is 4.64. The largest absolute Gasteiger partial charge is 0.366 e. The lowest BCUT2D eigenvalue weighted by atomic mass is 10.0. The molecule has 2 aliphatic heterocycles. The van der Waals surface area contributed by atoms with Crippen molar-refractivity contribution in [3.8, 4) is 11.1 Å². The van der Waals surface area contributed by atoms with Crippen LogP contribution in [0.5, 0.6) is 0 Å². The molecule has 44 heavy (non-hydrogen) atoms. The number of rotatable bonds is 7. The van der Waals surface area contributed by atoms with Gasteiger partial charge in [-0.05, 0) is 104 Å². The molecular weight excluding hydrogens is 540 g/mol. The van der Waals surface area contributed by atoms with Crippen LogP contribution < -0.4 is 15.5 Å². The van der Waals surface area contributed by atoms with Crippen LogP contribution in [0.1, 0.15) is 39.2 Å². The first-order valence-electron chi connectivity index (χ1n) is 15.4. The van der Waals surface area contributed by atoms with E-state index in [1.807, 2.05) is 49.7 Å². The van der Waals surface area contributed by atoms with Crippen molar-refractivity contribution in [2.24, 2.45) is 10.9 Å². The van der Waals surface area contributed by atoms with Crippen LogP contribution in [0, 0.1) is 12.8 Å². The molecule has 1 saturated carbocycles. The number of aliphatic imine (C=N–C) groups is 1. The van der Waals surface area contributed by atoms with Crippen LogP contribution in [0.3, 0.4) is 0 Å². The number of aryl methyl sites for hydroxylation is 1. The van der Waals surface area contributed by atoms with Gasteiger partial charge in [0.15, 0.2) is 0 Å². The number of nitrogens with one attached hydrogen (secondary N) is 2. The van der Waals surface area contributed by atoms with E-state index in [-0.39, 0.29) is 0 Å². The average molecular weight is 581 g/mol. The van der Waals surface area contributed by atoms with Gasteiger partial charge in [0.05, 0.1) is 5.54 Å². The molecule has 1 aliphatic carbocycles. The highest BCUT2D eigenvalue weighted by molar-refractivity contribution is 5.81. The van der Waals surface area contributed by atoms with Crippen LogP contribution in [0.4, 0.5) is 23.0 Å². The Morgan fingerprint density at radius 1 is 0.932 bits per heavy atom. The van der Waals surface area contributed by atoms with Gasteiger partial charge in [0.2, 0.25) is 0 Å². The Labute approximate surface area is 261 Å². The van der Waals surface area contributed by atoms with Gasteiger partial charge in [-0.2, -0.15) is 0 Å². The van der Waals surface area contributed by atoms with Gasteiger partial charge in [-0.3, -0.25) is 9.89 Å². The van der Waals surface area contributed by atoms with Crippen molar-refractivity contribution >= 4 is 29.2 Å². The third-order valence-electron chi connectivity index (χ3n) is 8.29. The van der Waals surface area contributed by atoms with Crippen molar-refractivity contribution in [2.45, 2.75) is 52.1 Å². The monoisotopic (exact) mass is 580 g/mol. The summed E-state index contributed by atoms with van der Waals surface area (Å²) in [6.07, 6.45) is 16.8. The predicted octanol–water partition coefficient (Wildman–Crippen LogP) is 8.91. The number of hydrogen-bond acceptors (Lipinski definition) is 6. The molecule has 0 saturated heterocycles. The standard InChI is InChI=1S/C29H27N5.C9H13N/c1-21-9-18-29(31-20-21)34(28-8-3-4-19-30-28)26-16-12-24(13-17-26)23-10-14-25(15-11-23)33-27-7-5-6-22(2)32-27;1-3-7-4-8-5-9(8,2)10-6-7/h3-20,22,32-33H,1-2H3;4,6,8H,3,5H2,1-2H3. The third-order valence-corrected chi connectivity index (χ3v) is 8.29. The fourth-order valence-electron chi connectivity index (χ4n) is 5.42. The maximum Gasteiger partial charge on any atom is 0.138 e. The third kappa shape index (κ3) is 6.81. The lowest BCUT2D eigenvalue weighted by Gasteiger charge is -2.23. The van der Waals surface area contributed by atoms with Crippen LogP contribution in [0.15, 0.2) is 132 Å².